The number of alkyl halides is 6. The maximum absolute atomic E-state index is 13.6. The Morgan fingerprint density at radius 2 is 1.78 bits per heavy atom. The normalized spacial score (nSPS) is 14.8. The Balaban J connectivity index is 1.66. The van der Waals surface area contributed by atoms with Gasteiger partial charge in [-0.3, -0.25) is 4.79 Å². The minimum Gasteiger partial charge on any atom is -0.324 e. The molecule has 5 nitrogen and oxygen atoms in total. The molecule has 170 valence electrons. The third kappa shape index (κ3) is 4.38. The molecule has 32 heavy (non-hydrogen) atoms. The van der Waals surface area contributed by atoms with E-state index in [2.05, 4.69) is 15.4 Å². The second-order valence-electron chi connectivity index (χ2n) is 7.55. The van der Waals surface area contributed by atoms with E-state index in [9.17, 15) is 31.1 Å². The van der Waals surface area contributed by atoms with Gasteiger partial charge in [-0.25, -0.2) is 9.67 Å². The molecule has 1 aromatic carbocycles. The van der Waals surface area contributed by atoms with Crippen molar-refractivity contribution in [3.05, 3.63) is 51.8 Å². The van der Waals surface area contributed by atoms with Crippen molar-refractivity contribution in [1.82, 2.24) is 14.8 Å². The number of hydrogen-bond acceptors (Lipinski definition) is 3. The number of carbonyl (C=O) groups is 1. The first-order chi connectivity index (χ1) is 14.8. The number of rotatable bonds is 4. The van der Waals surface area contributed by atoms with Gasteiger partial charge in [0.05, 0.1) is 27.2 Å². The standard InChI is InChI=1S/C20H15ClF6N4O/c1-9-17-13(20(25,26)27)7-15(10-2-3-10)29-18(17)31(30-9)8-16(32)28-11-4-5-14(21)12(6-11)19(22,23)24/h4-7,10H,2-3,8H2,1H3,(H,28,32). The molecule has 1 amide bonds. The number of anilines is 1. The molecule has 0 radical (unpaired) electrons. The van der Waals surface area contributed by atoms with Gasteiger partial charge in [0.2, 0.25) is 5.91 Å². The van der Waals surface area contributed by atoms with Crippen LogP contribution in [0.25, 0.3) is 11.0 Å². The molecule has 3 aromatic rings. The second kappa shape index (κ2) is 7.65. The quantitative estimate of drug-likeness (QED) is 0.474. The Morgan fingerprint density at radius 3 is 2.38 bits per heavy atom. The number of nitrogens with one attached hydrogen (secondary N) is 1. The van der Waals surface area contributed by atoms with Crippen LogP contribution in [-0.4, -0.2) is 20.7 Å². The zero-order chi connectivity index (χ0) is 23.4. The number of carbonyl (C=O) groups excluding carboxylic acids is 1. The zero-order valence-corrected chi connectivity index (χ0v) is 17.2. The molecule has 0 unspecified atom stereocenters. The number of fused-ring (bicyclic) bond motifs is 1. The Labute approximate surface area is 182 Å². The molecular formula is C20H15ClF6N4O. The largest absolute Gasteiger partial charge is 0.417 e. The van der Waals surface area contributed by atoms with Gasteiger partial charge < -0.3 is 5.32 Å². The zero-order valence-electron chi connectivity index (χ0n) is 16.4. The Bertz CT molecular complexity index is 1210. The van der Waals surface area contributed by atoms with Gasteiger partial charge in [-0.1, -0.05) is 11.6 Å². The summed E-state index contributed by atoms with van der Waals surface area (Å²) in [7, 11) is 0. The molecule has 1 saturated carbocycles. The molecule has 2 aromatic heterocycles. The van der Waals surface area contributed by atoms with Crippen molar-refractivity contribution in [2.75, 3.05) is 5.32 Å². The fraction of sp³-hybridized carbons (Fsp3) is 0.350. The highest BCUT2D eigenvalue weighted by Crippen LogP contribution is 2.43. The minimum atomic E-state index is -4.72. The Hall–Kier alpha value is -2.82. The van der Waals surface area contributed by atoms with Crippen molar-refractivity contribution < 1.29 is 31.1 Å². The summed E-state index contributed by atoms with van der Waals surface area (Å²) in [4.78, 5) is 16.8. The summed E-state index contributed by atoms with van der Waals surface area (Å²) < 4.78 is 81.0. The lowest BCUT2D eigenvalue weighted by atomic mass is 10.1. The van der Waals surface area contributed by atoms with Crippen LogP contribution in [0.3, 0.4) is 0 Å². The summed E-state index contributed by atoms with van der Waals surface area (Å²) in [6.07, 6.45) is -7.91. The summed E-state index contributed by atoms with van der Waals surface area (Å²) in [6, 6.07) is 3.88. The van der Waals surface area contributed by atoms with Gasteiger partial charge in [-0.2, -0.15) is 31.4 Å². The van der Waals surface area contributed by atoms with Gasteiger partial charge in [-0.05, 0) is 44.0 Å². The summed E-state index contributed by atoms with van der Waals surface area (Å²) in [5, 5.41) is 5.58. The molecule has 0 aliphatic heterocycles. The van der Waals surface area contributed by atoms with Crippen LogP contribution in [0.2, 0.25) is 5.02 Å². The molecular weight excluding hydrogens is 462 g/mol. The van der Waals surface area contributed by atoms with Crippen LogP contribution < -0.4 is 5.32 Å². The van der Waals surface area contributed by atoms with Gasteiger partial charge in [-0.15, -0.1) is 0 Å². The van der Waals surface area contributed by atoms with E-state index >= 15 is 0 Å². The average Bonchev–Trinajstić information content (AvgIpc) is 3.47. The lowest BCUT2D eigenvalue weighted by Crippen LogP contribution is -2.20. The molecule has 0 spiro atoms. The molecule has 12 heteroatoms. The van der Waals surface area contributed by atoms with Crippen LogP contribution in [0.5, 0.6) is 0 Å². The Morgan fingerprint density at radius 1 is 1.12 bits per heavy atom. The number of aromatic nitrogens is 3. The number of hydrogen-bond donors (Lipinski definition) is 1. The SMILES string of the molecule is Cc1nn(CC(=O)Nc2ccc(Cl)c(C(F)(F)F)c2)c2nc(C3CC3)cc(C(F)(F)F)c12. The van der Waals surface area contributed by atoms with Crippen LogP contribution in [-0.2, 0) is 23.7 Å². The summed E-state index contributed by atoms with van der Waals surface area (Å²) >= 11 is 5.57. The highest BCUT2D eigenvalue weighted by atomic mass is 35.5. The number of benzene rings is 1. The molecule has 2 heterocycles. The fourth-order valence-electron chi connectivity index (χ4n) is 3.45. The first-order valence-electron chi connectivity index (χ1n) is 9.46. The second-order valence-corrected chi connectivity index (χ2v) is 7.96. The molecule has 1 N–H and O–H groups in total. The van der Waals surface area contributed by atoms with Crippen molar-refractivity contribution in [2.45, 2.75) is 44.6 Å². The van der Waals surface area contributed by atoms with E-state index < -0.39 is 41.0 Å². The lowest BCUT2D eigenvalue weighted by Gasteiger charge is -2.12. The summed E-state index contributed by atoms with van der Waals surface area (Å²) in [5.74, 6) is -0.857. The topological polar surface area (TPSA) is 59.8 Å². The maximum Gasteiger partial charge on any atom is 0.417 e. The van der Waals surface area contributed by atoms with Crippen molar-refractivity contribution in [2.24, 2.45) is 0 Å². The highest BCUT2D eigenvalue weighted by Gasteiger charge is 2.38. The first kappa shape index (κ1) is 22.4. The van der Waals surface area contributed by atoms with Crippen molar-refractivity contribution >= 4 is 34.2 Å². The van der Waals surface area contributed by atoms with Gasteiger partial charge in [0.1, 0.15) is 6.54 Å². The third-order valence-electron chi connectivity index (χ3n) is 5.05. The average molecular weight is 477 g/mol. The van der Waals surface area contributed by atoms with Crippen molar-refractivity contribution in [1.29, 1.82) is 0 Å². The van der Waals surface area contributed by atoms with E-state index in [1.807, 2.05) is 0 Å². The summed E-state index contributed by atoms with van der Waals surface area (Å²) in [6.45, 7) is 0.839. The molecule has 0 atom stereocenters. The molecule has 4 rings (SSSR count). The van der Waals surface area contributed by atoms with Gasteiger partial charge in [0.15, 0.2) is 5.65 Å². The van der Waals surface area contributed by atoms with E-state index in [0.717, 1.165) is 29.7 Å². The van der Waals surface area contributed by atoms with Gasteiger partial charge in [0.25, 0.3) is 0 Å². The van der Waals surface area contributed by atoms with E-state index in [0.29, 0.717) is 6.07 Å². The summed E-state index contributed by atoms with van der Waals surface area (Å²) in [5.41, 5.74) is -1.94. The molecule has 1 fully saturated rings. The van der Waals surface area contributed by atoms with Crippen LogP contribution in [0, 0.1) is 6.92 Å². The van der Waals surface area contributed by atoms with Gasteiger partial charge >= 0.3 is 12.4 Å². The van der Waals surface area contributed by atoms with E-state index in [-0.39, 0.29) is 34.0 Å². The smallest absolute Gasteiger partial charge is 0.324 e. The van der Waals surface area contributed by atoms with Crippen molar-refractivity contribution in [3.63, 3.8) is 0 Å². The number of pyridine rings is 1. The lowest BCUT2D eigenvalue weighted by molar-refractivity contribution is -0.137. The predicted octanol–water partition coefficient (Wildman–Crippen LogP) is 5.95. The van der Waals surface area contributed by atoms with Crippen LogP contribution in [0.15, 0.2) is 24.3 Å². The number of halogens is 7. The van der Waals surface area contributed by atoms with Crippen LogP contribution in [0.1, 0.15) is 41.3 Å². The fourth-order valence-corrected chi connectivity index (χ4v) is 3.68. The molecule has 0 bridgehead atoms. The number of amides is 1. The highest BCUT2D eigenvalue weighted by molar-refractivity contribution is 6.31. The van der Waals surface area contributed by atoms with E-state index in [1.54, 1.807) is 0 Å². The van der Waals surface area contributed by atoms with Gasteiger partial charge in [0, 0.05) is 17.3 Å². The molecule has 0 saturated heterocycles. The minimum absolute atomic E-state index is 0.0424. The maximum atomic E-state index is 13.6. The predicted molar refractivity (Wildman–Crippen MR) is 104 cm³/mol. The Kier molecular flexibility index (Phi) is 5.35. The van der Waals surface area contributed by atoms with E-state index in [4.69, 9.17) is 11.6 Å². The first-order valence-corrected chi connectivity index (χ1v) is 9.84. The van der Waals surface area contributed by atoms with Crippen LogP contribution >= 0.6 is 11.6 Å². The third-order valence-corrected chi connectivity index (χ3v) is 5.38. The van der Waals surface area contributed by atoms with Crippen molar-refractivity contribution in [3.8, 4) is 0 Å². The van der Waals surface area contributed by atoms with E-state index in [1.165, 1.54) is 13.0 Å². The monoisotopic (exact) mass is 476 g/mol. The number of nitrogens with zero attached hydrogens (tertiary/aromatic N) is 3. The molecule has 1 aliphatic rings. The number of aryl methyl sites for hydroxylation is 1. The molecule has 1 aliphatic carbocycles. The van der Waals surface area contributed by atoms with Crippen LogP contribution in [0.4, 0.5) is 32.0 Å².